The Labute approximate surface area is 190 Å². The van der Waals surface area contributed by atoms with Gasteiger partial charge in [0, 0.05) is 37.7 Å². The number of hydrogen-bond donors (Lipinski definition) is 3. The number of likely N-dealkylation sites (tertiary alicyclic amines) is 2. The summed E-state index contributed by atoms with van der Waals surface area (Å²) < 4.78 is 0. The fourth-order valence-corrected chi connectivity index (χ4v) is 5.27. The molecule has 0 unspecified atom stereocenters. The maximum atomic E-state index is 12.9. The van der Waals surface area contributed by atoms with Crippen LogP contribution >= 0.6 is 0 Å². The Balaban J connectivity index is 1.40. The molecule has 3 aliphatic rings. The summed E-state index contributed by atoms with van der Waals surface area (Å²) in [6.07, 6.45) is 3.57. The van der Waals surface area contributed by atoms with Crippen LogP contribution in [0.15, 0.2) is 18.2 Å². The molecule has 8 nitrogen and oxygen atoms in total. The van der Waals surface area contributed by atoms with Crippen LogP contribution in [0.25, 0.3) is 0 Å². The van der Waals surface area contributed by atoms with Gasteiger partial charge in [0.2, 0.25) is 11.8 Å². The normalized spacial score (nSPS) is 26.8. The van der Waals surface area contributed by atoms with E-state index >= 15 is 0 Å². The molecule has 3 aliphatic heterocycles. The van der Waals surface area contributed by atoms with E-state index in [4.69, 9.17) is 0 Å². The second-order valence-electron chi connectivity index (χ2n) is 9.39. The van der Waals surface area contributed by atoms with Gasteiger partial charge in [-0.3, -0.25) is 19.3 Å². The van der Waals surface area contributed by atoms with E-state index < -0.39 is 11.7 Å². The zero-order chi connectivity index (χ0) is 22.9. The SMILES string of the molecule is CCN1CCC[C@@H]1CNC(=O)[C@@H](C)N1CC[C@@]2(CCC1=O)NC(=O)c1ccc(C)cc1N2. The number of nitrogens with one attached hydrogen (secondary N) is 3. The minimum absolute atomic E-state index is 0.0494. The first kappa shape index (κ1) is 22.6. The molecule has 32 heavy (non-hydrogen) atoms. The summed E-state index contributed by atoms with van der Waals surface area (Å²) in [5.41, 5.74) is 1.82. The monoisotopic (exact) mass is 441 g/mol. The first-order valence-electron chi connectivity index (χ1n) is 11.8. The average Bonchev–Trinajstić information content (AvgIpc) is 3.17. The largest absolute Gasteiger partial charge is 0.362 e. The molecule has 0 aromatic heterocycles. The van der Waals surface area contributed by atoms with Gasteiger partial charge in [-0.1, -0.05) is 13.0 Å². The maximum Gasteiger partial charge on any atom is 0.255 e. The van der Waals surface area contributed by atoms with E-state index in [1.54, 1.807) is 11.8 Å². The number of carbonyl (C=O) groups is 3. The van der Waals surface area contributed by atoms with E-state index in [0.717, 1.165) is 37.2 Å². The van der Waals surface area contributed by atoms with Crippen LogP contribution < -0.4 is 16.0 Å². The maximum absolute atomic E-state index is 12.9. The smallest absolute Gasteiger partial charge is 0.255 e. The highest BCUT2D eigenvalue weighted by molar-refractivity contribution is 6.02. The lowest BCUT2D eigenvalue weighted by Crippen LogP contribution is -2.58. The van der Waals surface area contributed by atoms with E-state index in [-0.39, 0.29) is 24.1 Å². The van der Waals surface area contributed by atoms with Gasteiger partial charge in [-0.15, -0.1) is 0 Å². The predicted octanol–water partition coefficient (Wildman–Crippen LogP) is 1.85. The molecule has 8 heteroatoms. The van der Waals surface area contributed by atoms with Gasteiger partial charge in [0.25, 0.3) is 5.91 Å². The second kappa shape index (κ2) is 9.10. The number of aryl methyl sites for hydroxylation is 1. The fraction of sp³-hybridized carbons (Fsp3) is 0.625. The Kier molecular flexibility index (Phi) is 6.42. The predicted molar refractivity (Wildman–Crippen MR) is 123 cm³/mol. The van der Waals surface area contributed by atoms with Crippen LogP contribution in [0.1, 0.15) is 61.9 Å². The van der Waals surface area contributed by atoms with Gasteiger partial charge >= 0.3 is 0 Å². The van der Waals surface area contributed by atoms with E-state index in [1.165, 1.54) is 0 Å². The standard InChI is InChI=1S/C24H35N5O3/c1-4-28-12-5-6-18(28)15-25-22(31)17(3)29-13-11-24(10-9-21(29)30)26-20-14-16(2)7-8-19(20)23(32)27-24/h7-8,14,17-18,26H,4-6,9-13,15H2,1-3H3,(H,25,31)(H,27,32)/t17-,18-,24-/m1/s1. The zero-order valence-electron chi connectivity index (χ0n) is 19.4. The van der Waals surface area contributed by atoms with Gasteiger partial charge in [0.15, 0.2) is 0 Å². The van der Waals surface area contributed by atoms with Crippen molar-refractivity contribution in [2.45, 2.75) is 70.6 Å². The van der Waals surface area contributed by atoms with Crippen molar-refractivity contribution >= 4 is 23.4 Å². The molecule has 3 atom stereocenters. The first-order chi connectivity index (χ1) is 15.3. The molecule has 3 N–H and O–H groups in total. The minimum atomic E-state index is -0.677. The van der Waals surface area contributed by atoms with E-state index in [1.807, 2.05) is 25.1 Å². The fourth-order valence-electron chi connectivity index (χ4n) is 5.27. The zero-order valence-corrected chi connectivity index (χ0v) is 19.4. The lowest BCUT2D eigenvalue weighted by molar-refractivity contribution is -0.139. The Morgan fingerprint density at radius 2 is 2.06 bits per heavy atom. The van der Waals surface area contributed by atoms with Gasteiger partial charge in [-0.05, 0) is 63.9 Å². The number of likely N-dealkylation sites (N-methyl/N-ethyl adjacent to an activating group) is 1. The molecule has 0 radical (unpaired) electrons. The van der Waals surface area contributed by atoms with Crippen LogP contribution in [0.2, 0.25) is 0 Å². The van der Waals surface area contributed by atoms with Crippen molar-refractivity contribution in [2.24, 2.45) is 0 Å². The van der Waals surface area contributed by atoms with E-state index in [2.05, 4.69) is 27.8 Å². The topological polar surface area (TPSA) is 93.8 Å². The molecule has 4 rings (SSSR count). The molecule has 0 bridgehead atoms. The number of anilines is 1. The Morgan fingerprint density at radius 3 is 2.84 bits per heavy atom. The highest BCUT2D eigenvalue weighted by Crippen LogP contribution is 2.32. The molecular formula is C24H35N5O3. The van der Waals surface area contributed by atoms with E-state index in [9.17, 15) is 14.4 Å². The summed E-state index contributed by atoms with van der Waals surface area (Å²) >= 11 is 0. The van der Waals surface area contributed by atoms with Gasteiger partial charge in [0.05, 0.1) is 5.56 Å². The van der Waals surface area contributed by atoms with Crippen molar-refractivity contribution in [1.82, 2.24) is 20.4 Å². The molecular weight excluding hydrogens is 406 g/mol. The third-order valence-electron chi connectivity index (χ3n) is 7.28. The third kappa shape index (κ3) is 4.46. The number of benzene rings is 1. The number of rotatable bonds is 5. The van der Waals surface area contributed by atoms with Gasteiger partial charge < -0.3 is 20.9 Å². The Bertz CT molecular complexity index is 904. The van der Waals surface area contributed by atoms with Gasteiger partial charge in [-0.25, -0.2) is 0 Å². The summed E-state index contributed by atoms with van der Waals surface area (Å²) in [6, 6.07) is 5.55. The molecule has 3 amide bonds. The highest BCUT2D eigenvalue weighted by atomic mass is 16.2. The molecule has 2 saturated heterocycles. The summed E-state index contributed by atoms with van der Waals surface area (Å²) in [6.45, 7) is 9.04. The van der Waals surface area contributed by atoms with Crippen molar-refractivity contribution in [3.63, 3.8) is 0 Å². The van der Waals surface area contributed by atoms with Crippen LogP contribution in [0, 0.1) is 6.92 Å². The molecule has 3 heterocycles. The van der Waals surface area contributed by atoms with Crippen molar-refractivity contribution in [2.75, 3.05) is 31.5 Å². The van der Waals surface area contributed by atoms with Crippen molar-refractivity contribution in [3.8, 4) is 0 Å². The number of carbonyl (C=O) groups excluding carboxylic acids is 3. The number of fused-ring (bicyclic) bond motifs is 1. The molecule has 2 fully saturated rings. The van der Waals surface area contributed by atoms with Gasteiger partial charge in [0.1, 0.15) is 11.7 Å². The molecule has 174 valence electrons. The highest BCUT2D eigenvalue weighted by Gasteiger charge is 2.42. The second-order valence-corrected chi connectivity index (χ2v) is 9.39. The number of amides is 3. The van der Waals surface area contributed by atoms with Crippen LogP contribution in [0.4, 0.5) is 5.69 Å². The van der Waals surface area contributed by atoms with Crippen molar-refractivity contribution < 1.29 is 14.4 Å². The quantitative estimate of drug-likeness (QED) is 0.648. The summed E-state index contributed by atoms with van der Waals surface area (Å²) in [5.74, 6) is -0.284. The lowest BCUT2D eigenvalue weighted by Gasteiger charge is -2.40. The van der Waals surface area contributed by atoms with Crippen LogP contribution in [-0.4, -0.2) is 71.4 Å². The van der Waals surface area contributed by atoms with E-state index in [0.29, 0.717) is 37.5 Å². The molecule has 1 spiro atoms. The first-order valence-corrected chi connectivity index (χ1v) is 11.8. The average molecular weight is 442 g/mol. The Hall–Kier alpha value is -2.61. The molecule has 1 aromatic rings. The molecule has 0 aliphatic carbocycles. The summed E-state index contributed by atoms with van der Waals surface area (Å²) in [5, 5.41) is 9.65. The number of nitrogens with zero attached hydrogens (tertiary/aromatic N) is 2. The van der Waals surface area contributed by atoms with Gasteiger partial charge in [-0.2, -0.15) is 0 Å². The summed E-state index contributed by atoms with van der Waals surface area (Å²) in [4.78, 5) is 42.6. The van der Waals surface area contributed by atoms with Crippen LogP contribution in [0.5, 0.6) is 0 Å². The minimum Gasteiger partial charge on any atom is -0.362 e. The third-order valence-corrected chi connectivity index (χ3v) is 7.28. The van der Waals surface area contributed by atoms with Crippen LogP contribution in [-0.2, 0) is 9.59 Å². The van der Waals surface area contributed by atoms with Crippen molar-refractivity contribution in [1.29, 1.82) is 0 Å². The Morgan fingerprint density at radius 1 is 1.25 bits per heavy atom. The molecule has 1 aromatic carbocycles. The summed E-state index contributed by atoms with van der Waals surface area (Å²) in [7, 11) is 0. The number of hydrogen-bond acceptors (Lipinski definition) is 5. The lowest BCUT2D eigenvalue weighted by atomic mass is 9.94. The van der Waals surface area contributed by atoms with Crippen molar-refractivity contribution in [3.05, 3.63) is 29.3 Å². The van der Waals surface area contributed by atoms with Crippen LogP contribution in [0.3, 0.4) is 0 Å². The molecule has 0 saturated carbocycles.